The molecule has 8 heteroatoms. The molecule has 0 aromatic heterocycles. The highest BCUT2D eigenvalue weighted by atomic mass is 127. The number of nitrogens with zero attached hydrogens (tertiary/aromatic N) is 3. The summed E-state index contributed by atoms with van der Waals surface area (Å²) < 4.78 is 25.1. The van der Waals surface area contributed by atoms with E-state index in [1.165, 1.54) is 6.42 Å². The summed E-state index contributed by atoms with van der Waals surface area (Å²) in [6.45, 7) is 8.38. The highest BCUT2D eigenvalue weighted by Gasteiger charge is 2.28. The Morgan fingerprint density at radius 2 is 1.91 bits per heavy atom. The first-order valence-corrected chi connectivity index (χ1v) is 9.46. The molecule has 2 aliphatic rings. The van der Waals surface area contributed by atoms with Crippen molar-refractivity contribution in [3.8, 4) is 0 Å². The molecule has 0 aromatic rings. The number of guanidine groups is 1. The molecule has 2 heterocycles. The normalized spacial score (nSPS) is 29.2. The quantitative estimate of drug-likeness (QED) is 0.404. The number of piperidine rings is 1. The highest BCUT2D eigenvalue weighted by Crippen LogP contribution is 2.20. The van der Waals surface area contributed by atoms with Crippen LogP contribution < -0.4 is 5.32 Å². The van der Waals surface area contributed by atoms with Crippen LogP contribution in [0.2, 0.25) is 0 Å². The Hall–Kier alpha value is -0.0900. The van der Waals surface area contributed by atoms with Gasteiger partial charge in [0, 0.05) is 39.8 Å². The fourth-order valence-electron chi connectivity index (χ4n) is 3.40. The van der Waals surface area contributed by atoms with E-state index < -0.39 is 10.0 Å². The summed E-state index contributed by atoms with van der Waals surface area (Å²) in [6.07, 6.45) is 2.01. The predicted molar refractivity (Wildman–Crippen MR) is 101 cm³/mol. The third-order valence-electron chi connectivity index (χ3n) is 4.23. The molecule has 0 saturated carbocycles. The van der Waals surface area contributed by atoms with Gasteiger partial charge in [-0.05, 0) is 24.7 Å². The number of rotatable bonds is 3. The summed E-state index contributed by atoms with van der Waals surface area (Å²) in [6, 6.07) is 0. The summed E-state index contributed by atoms with van der Waals surface area (Å²) in [5.74, 6) is 2.53. The number of likely N-dealkylation sites (tertiary alicyclic amines) is 1. The minimum absolute atomic E-state index is 0. The second kappa shape index (κ2) is 8.68. The minimum Gasteiger partial charge on any atom is -0.355 e. The molecule has 0 aromatic carbocycles. The smallest absolute Gasteiger partial charge is 0.214 e. The number of aliphatic imine (C=N–C) groups is 1. The topological polar surface area (TPSA) is 65.0 Å². The van der Waals surface area contributed by atoms with Crippen molar-refractivity contribution in [1.82, 2.24) is 14.5 Å². The van der Waals surface area contributed by atoms with Crippen molar-refractivity contribution in [2.45, 2.75) is 26.7 Å². The maximum Gasteiger partial charge on any atom is 0.214 e. The van der Waals surface area contributed by atoms with E-state index in [1.807, 2.05) is 0 Å². The van der Waals surface area contributed by atoms with Crippen LogP contribution >= 0.6 is 24.0 Å². The lowest BCUT2D eigenvalue weighted by atomic mass is 9.92. The highest BCUT2D eigenvalue weighted by molar-refractivity contribution is 14.0. The van der Waals surface area contributed by atoms with Crippen molar-refractivity contribution in [2.75, 3.05) is 45.5 Å². The zero-order valence-electron chi connectivity index (χ0n) is 13.8. The van der Waals surface area contributed by atoms with Gasteiger partial charge < -0.3 is 10.2 Å². The summed E-state index contributed by atoms with van der Waals surface area (Å²) >= 11 is 0. The molecule has 0 amide bonds. The summed E-state index contributed by atoms with van der Waals surface area (Å²) in [4.78, 5) is 6.63. The van der Waals surface area contributed by atoms with E-state index in [2.05, 4.69) is 29.1 Å². The number of halogens is 1. The first kappa shape index (κ1) is 20.0. The van der Waals surface area contributed by atoms with Gasteiger partial charge in [-0.25, -0.2) is 12.7 Å². The zero-order valence-corrected chi connectivity index (χ0v) is 16.9. The Morgan fingerprint density at radius 1 is 1.27 bits per heavy atom. The second-order valence-electron chi connectivity index (χ2n) is 6.39. The van der Waals surface area contributed by atoms with Gasteiger partial charge in [-0.3, -0.25) is 4.99 Å². The molecule has 6 nitrogen and oxygen atoms in total. The standard InChI is InChI=1S/C14H28N4O2S.HI/c1-12-9-13(2)11-17(10-12)14(15-3)16-5-7-18-6-4-8-21(18,19)20;/h12-13H,4-11H2,1-3H3,(H,15,16);1H. The van der Waals surface area contributed by atoms with Gasteiger partial charge in [0.05, 0.1) is 5.75 Å². The fraction of sp³-hybridized carbons (Fsp3) is 0.929. The largest absolute Gasteiger partial charge is 0.355 e. The molecule has 0 aliphatic carbocycles. The average molecular weight is 444 g/mol. The monoisotopic (exact) mass is 444 g/mol. The molecule has 2 saturated heterocycles. The molecule has 2 unspecified atom stereocenters. The maximum absolute atomic E-state index is 11.8. The van der Waals surface area contributed by atoms with Crippen molar-refractivity contribution in [1.29, 1.82) is 0 Å². The zero-order chi connectivity index (χ0) is 15.5. The number of sulfonamides is 1. The van der Waals surface area contributed by atoms with Crippen LogP contribution in [0.15, 0.2) is 4.99 Å². The molecular formula is C14H29IN4O2S. The van der Waals surface area contributed by atoms with Crippen LogP contribution in [0.5, 0.6) is 0 Å². The van der Waals surface area contributed by atoms with E-state index in [4.69, 9.17) is 0 Å². The van der Waals surface area contributed by atoms with E-state index in [9.17, 15) is 8.42 Å². The van der Waals surface area contributed by atoms with E-state index >= 15 is 0 Å². The molecule has 0 bridgehead atoms. The van der Waals surface area contributed by atoms with Crippen molar-refractivity contribution >= 4 is 40.0 Å². The van der Waals surface area contributed by atoms with Gasteiger partial charge in [-0.2, -0.15) is 0 Å². The van der Waals surface area contributed by atoms with Gasteiger partial charge in [0.25, 0.3) is 0 Å². The Morgan fingerprint density at radius 3 is 2.41 bits per heavy atom. The van der Waals surface area contributed by atoms with E-state index in [1.54, 1.807) is 11.4 Å². The lowest BCUT2D eigenvalue weighted by Gasteiger charge is -2.37. The average Bonchev–Trinajstić information content (AvgIpc) is 2.72. The molecule has 130 valence electrons. The van der Waals surface area contributed by atoms with Crippen LogP contribution in [0, 0.1) is 11.8 Å². The SMILES string of the molecule is CN=C(NCCN1CCCS1(=O)=O)N1CC(C)CC(C)C1.I. The first-order chi connectivity index (χ1) is 9.92. The minimum atomic E-state index is -2.99. The Labute approximate surface area is 151 Å². The predicted octanol–water partition coefficient (Wildman–Crippen LogP) is 1.19. The maximum atomic E-state index is 11.8. The lowest BCUT2D eigenvalue weighted by molar-refractivity contribution is 0.208. The Kier molecular flexibility index (Phi) is 7.87. The van der Waals surface area contributed by atoms with Gasteiger partial charge in [0.2, 0.25) is 10.0 Å². The number of hydrogen-bond acceptors (Lipinski definition) is 3. The molecule has 2 fully saturated rings. The molecule has 22 heavy (non-hydrogen) atoms. The molecule has 2 atom stereocenters. The fourth-order valence-corrected chi connectivity index (χ4v) is 4.93. The van der Waals surface area contributed by atoms with Crippen molar-refractivity contribution in [3.05, 3.63) is 0 Å². The van der Waals surface area contributed by atoms with Gasteiger partial charge >= 0.3 is 0 Å². The number of nitrogens with one attached hydrogen (secondary N) is 1. The molecule has 0 radical (unpaired) electrons. The van der Waals surface area contributed by atoms with Gasteiger partial charge in [0.15, 0.2) is 5.96 Å². The van der Waals surface area contributed by atoms with Crippen LogP contribution in [0.4, 0.5) is 0 Å². The molecule has 2 rings (SSSR count). The van der Waals surface area contributed by atoms with Crippen LogP contribution in [-0.2, 0) is 10.0 Å². The van der Waals surface area contributed by atoms with Crippen LogP contribution in [-0.4, -0.2) is 69.1 Å². The second-order valence-corrected chi connectivity index (χ2v) is 8.48. The lowest BCUT2D eigenvalue weighted by Crippen LogP contribution is -2.49. The Balaban J connectivity index is 0.00000242. The van der Waals surface area contributed by atoms with E-state index in [-0.39, 0.29) is 24.0 Å². The third kappa shape index (κ3) is 5.23. The molecule has 2 aliphatic heterocycles. The summed E-state index contributed by atoms with van der Waals surface area (Å²) in [7, 11) is -1.20. The van der Waals surface area contributed by atoms with E-state index in [0.29, 0.717) is 37.2 Å². The summed E-state index contributed by atoms with van der Waals surface area (Å²) in [5.41, 5.74) is 0. The first-order valence-electron chi connectivity index (χ1n) is 7.86. The Bertz CT molecular complexity index is 473. The van der Waals surface area contributed by atoms with Gasteiger partial charge in [-0.1, -0.05) is 13.8 Å². The van der Waals surface area contributed by atoms with Crippen LogP contribution in [0.25, 0.3) is 0 Å². The summed E-state index contributed by atoms with van der Waals surface area (Å²) in [5, 5.41) is 3.31. The van der Waals surface area contributed by atoms with Crippen molar-refractivity contribution in [2.24, 2.45) is 16.8 Å². The van der Waals surface area contributed by atoms with Crippen molar-refractivity contribution in [3.63, 3.8) is 0 Å². The van der Waals surface area contributed by atoms with Crippen LogP contribution in [0.3, 0.4) is 0 Å². The third-order valence-corrected chi connectivity index (χ3v) is 6.18. The number of hydrogen-bond donors (Lipinski definition) is 1. The van der Waals surface area contributed by atoms with Gasteiger partial charge in [0.1, 0.15) is 0 Å². The van der Waals surface area contributed by atoms with Gasteiger partial charge in [-0.15, -0.1) is 24.0 Å². The molecular weight excluding hydrogens is 415 g/mol. The van der Waals surface area contributed by atoms with Crippen LogP contribution in [0.1, 0.15) is 26.7 Å². The molecule has 1 N–H and O–H groups in total. The van der Waals surface area contributed by atoms with E-state index in [0.717, 1.165) is 25.5 Å². The molecule has 0 spiro atoms. The van der Waals surface area contributed by atoms with Crippen molar-refractivity contribution < 1.29 is 8.42 Å².